The summed E-state index contributed by atoms with van der Waals surface area (Å²) in [6.45, 7) is 2.14. The van der Waals surface area contributed by atoms with Gasteiger partial charge < -0.3 is 0 Å². The number of nitrogens with zero attached hydrogens (tertiary/aromatic N) is 4. The third-order valence-electron chi connectivity index (χ3n) is 3.54. The molecule has 0 saturated heterocycles. The van der Waals surface area contributed by atoms with Gasteiger partial charge in [0, 0.05) is 5.56 Å². The largest absolute Gasteiger partial charge is 0.253 e. The molecule has 0 saturated carbocycles. The van der Waals surface area contributed by atoms with Gasteiger partial charge in [0.05, 0.1) is 5.69 Å². The second-order valence-electron chi connectivity index (χ2n) is 5.04. The Bertz CT molecular complexity index is 737. The predicted molar refractivity (Wildman–Crippen MR) is 83.6 cm³/mol. The van der Waals surface area contributed by atoms with E-state index in [0.29, 0.717) is 10.9 Å². The van der Waals surface area contributed by atoms with Crippen LogP contribution in [0.1, 0.15) is 30.2 Å². The van der Waals surface area contributed by atoms with E-state index < -0.39 is 0 Å². The Hall–Kier alpha value is -1.94. The highest BCUT2D eigenvalue weighted by molar-refractivity contribution is 6.30. The van der Waals surface area contributed by atoms with E-state index in [1.165, 1.54) is 11.9 Å². The molecule has 0 amide bonds. The fourth-order valence-corrected chi connectivity index (χ4v) is 2.81. The maximum Gasteiger partial charge on any atom is 0.253 e. The summed E-state index contributed by atoms with van der Waals surface area (Å²) in [4.78, 5) is 8.74. The molecule has 0 unspecified atom stereocenters. The summed E-state index contributed by atoms with van der Waals surface area (Å²) in [6, 6.07) is 10.4. The Labute approximate surface area is 128 Å². The molecule has 1 aromatic carbocycles. The zero-order valence-electron chi connectivity index (χ0n) is 12.0. The van der Waals surface area contributed by atoms with Gasteiger partial charge in [-0.05, 0) is 24.8 Å². The van der Waals surface area contributed by atoms with Gasteiger partial charge in [0.25, 0.3) is 5.78 Å². The zero-order chi connectivity index (χ0) is 14.7. The van der Waals surface area contributed by atoms with E-state index in [9.17, 15) is 0 Å². The molecule has 3 rings (SSSR count). The molecule has 0 bridgehead atoms. The molecule has 4 nitrogen and oxygen atoms in total. The Kier molecular flexibility index (Phi) is 4.15. The third kappa shape index (κ3) is 2.90. The van der Waals surface area contributed by atoms with E-state index in [-0.39, 0.29) is 0 Å². The lowest BCUT2D eigenvalue weighted by atomic mass is 10.0. The fraction of sp³-hybridized carbons (Fsp3) is 0.312. The smallest absolute Gasteiger partial charge is 0.216 e. The van der Waals surface area contributed by atoms with Gasteiger partial charge in [0.1, 0.15) is 11.5 Å². The average Bonchev–Trinajstić information content (AvgIpc) is 2.97. The van der Waals surface area contributed by atoms with Crippen molar-refractivity contribution in [2.24, 2.45) is 0 Å². The molecule has 0 aliphatic carbocycles. The van der Waals surface area contributed by atoms with Crippen molar-refractivity contribution in [3.05, 3.63) is 58.6 Å². The number of aryl methyl sites for hydroxylation is 2. The zero-order valence-corrected chi connectivity index (χ0v) is 12.7. The first-order valence-corrected chi connectivity index (χ1v) is 7.58. The van der Waals surface area contributed by atoms with E-state index in [0.717, 1.165) is 36.9 Å². The molecule has 3 aromatic rings. The normalized spacial score (nSPS) is 11.1. The molecule has 5 heteroatoms. The highest BCUT2D eigenvalue weighted by Gasteiger charge is 2.14. The van der Waals surface area contributed by atoms with Gasteiger partial charge in [-0.25, -0.2) is 4.98 Å². The molecule has 108 valence electrons. The Morgan fingerprint density at radius 1 is 1.10 bits per heavy atom. The van der Waals surface area contributed by atoms with Crippen LogP contribution in [0.3, 0.4) is 0 Å². The van der Waals surface area contributed by atoms with Crippen molar-refractivity contribution in [2.45, 2.75) is 32.6 Å². The molecule has 0 aliphatic rings. The van der Waals surface area contributed by atoms with E-state index in [2.05, 4.69) is 46.3 Å². The van der Waals surface area contributed by atoms with Crippen LogP contribution in [0.5, 0.6) is 0 Å². The summed E-state index contributed by atoms with van der Waals surface area (Å²) in [5.41, 5.74) is 3.43. The Balaban J connectivity index is 1.95. The summed E-state index contributed by atoms with van der Waals surface area (Å²) in [5, 5.41) is 4.78. The van der Waals surface area contributed by atoms with E-state index in [1.54, 1.807) is 4.52 Å². The maximum atomic E-state index is 6.51. The van der Waals surface area contributed by atoms with E-state index in [1.807, 2.05) is 6.07 Å². The second kappa shape index (κ2) is 6.22. The minimum Gasteiger partial charge on any atom is -0.216 e. The van der Waals surface area contributed by atoms with Crippen molar-refractivity contribution >= 4 is 17.4 Å². The number of aromatic nitrogens is 4. The summed E-state index contributed by atoms with van der Waals surface area (Å²) >= 11 is 6.51. The first-order valence-electron chi connectivity index (χ1n) is 7.20. The topological polar surface area (TPSA) is 43.1 Å². The van der Waals surface area contributed by atoms with Crippen LogP contribution in [0.2, 0.25) is 5.15 Å². The summed E-state index contributed by atoms with van der Waals surface area (Å²) in [6.07, 6.45) is 5.24. The van der Waals surface area contributed by atoms with Crippen molar-refractivity contribution in [3.63, 3.8) is 0 Å². The van der Waals surface area contributed by atoms with Crippen molar-refractivity contribution in [3.8, 4) is 0 Å². The molecule has 0 radical (unpaired) electrons. The standard InChI is InChI=1S/C16H17ClN4/c1-2-6-14-13(10-9-12-7-4-3-5-8-12)15(17)21-16(20-14)18-11-19-21/h3-5,7-8,11H,2,6,9-10H2,1H3. The van der Waals surface area contributed by atoms with Crippen LogP contribution in [-0.2, 0) is 19.3 Å². The number of hydrogen-bond acceptors (Lipinski definition) is 3. The number of benzene rings is 1. The highest BCUT2D eigenvalue weighted by atomic mass is 35.5. The molecular formula is C16H17ClN4. The summed E-state index contributed by atoms with van der Waals surface area (Å²) < 4.78 is 1.61. The van der Waals surface area contributed by atoms with Crippen molar-refractivity contribution in [1.82, 2.24) is 19.6 Å². The molecule has 0 fully saturated rings. The molecule has 0 atom stereocenters. The average molecular weight is 301 g/mol. The molecule has 2 heterocycles. The second-order valence-corrected chi connectivity index (χ2v) is 5.39. The first kappa shape index (κ1) is 14.0. The SMILES string of the molecule is CCCc1nc2ncnn2c(Cl)c1CCc1ccccc1. The van der Waals surface area contributed by atoms with Crippen molar-refractivity contribution in [2.75, 3.05) is 0 Å². The van der Waals surface area contributed by atoms with Gasteiger partial charge in [0.15, 0.2) is 0 Å². The number of halogens is 1. The predicted octanol–water partition coefficient (Wildman–Crippen LogP) is 3.52. The first-order chi connectivity index (χ1) is 10.3. The monoisotopic (exact) mass is 300 g/mol. The maximum absolute atomic E-state index is 6.51. The Morgan fingerprint density at radius 2 is 1.90 bits per heavy atom. The minimum absolute atomic E-state index is 0.576. The van der Waals surface area contributed by atoms with Gasteiger partial charge in [-0.1, -0.05) is 55.3 Å². The lowest BCUT2D eigenvalue weighted by Gasteiger charge is -2.11. The lowest BCUT2D eigenvalue weighted by molar-refractivity contribution is 0.807. The molecule has 0 spiro atoms. The molecular weight excluding hydrogens is 284 g/mol. The fourth-order valence-electron chi connectivity index (χ4n) is 2.49. The Morgan fingerprint density at radius 3 is 2.67 bits per heavy atom. The highest BCUT2D eigenvalue weighted by Crippen LogP contribution is 2.22. The third-order valence-corrected chi connectivity index (χ3v) is 3.93. The van der Waals surface area contributed by atoms with Crippen LogP contribution >= 0.6 is 11.6 Å². The van der Waals surface area contributed by atoms with Crippen LogP contribution < -0.4 is 0 Å². The van der Waals surface area contributed by atoms with E-state index >= 15 is 0 Å². The van der Waals surface area contributed by atoms with Crippen molar-refractivity contribution < 1.29 is 0 Å². The lowest BCUT2D eigenvalue weighted by Crippen LogP contribution is -2.07. The van der Waals surface area contributed by atoms with Gasteiger partial charge in [0.2, 0.25) is 0 Å². The molecule has 2 aromatic heterocycles. The van der Waals surface area contributed by atoms with Gasteiger partial charge in [-0.15, -0.1) is 0 Å². The van der Waals surface area contributed by atoms with Gasteiger partial charge in [-0.2, -0.15) is 14.6 Å². The summed E-state index contributed by atoms with van der Waals surface area (Å²) in [7, 11) is 0. The number of rotatable bonds is 5. The van der Waals surface area contributed by atoms with E-state index in [4.69, 9.17) is 11.6 Å². The van der Waals surface area contributed by atoms with Crippen LogP contribution in [-0.4, -0.2) is 19.6 Å². The van der Waals surface area contributed by atoms with Gasteiger partial charge in [-0.3, -0.25) is 0 Å². The molecule has 0 N–H and O–H groups in total. The number of hydrogen-bond donors (Lipinski definition) is 0. The van der Waals surface area contributed by atoms with Gasteiger partial charge >= 0.3 is 0 Å². The van der Waals surface area contributed by atoms with Crippen LogP contribution in [0.25, 0.3) is 5.78 Å². The molecule has 21 heavy (non-hydrogen) atoms. The minimum atomic E-state index is 0.576. The number of fused-ring (bicyclic) bond motifs is 1. The van der Waals surface area contributed by atoms with Crippen LogP contribution in [0, 0.1) is 0 Å². The van der Waals surface area contributed by atoms with Crippen molar-refractivity contribution in [1.29, 1.82) is 0 Å². The molecule has 0 aliphatic heterocycles. The van der Waals surface area contributed by atoms with Crippen LogP contribution in [0.15, 0.2) is 36.7 Å². The quantitative estimate of drug-likeness (QED) is 0.677. The van der Waals surface area contributed by atoms with Crippen LogP contribution in [0.4, 0.5) is 0 Å². The summed E-state index contributed by atoms with van der Waals surface area (Å²) in [5.74, 6) is 0.576.